The highest BCUT2D eigenvalue weighted by Crippen LogP contribution is 2.70. The number of benzene rings is 4. The molecule has 0 amide bonds. The van der Waals surface area contributed by atoms with Crippen LogP contribution < -0.4 is 0 Å². The lowest BCUT2D eigenvalue weighted by atomic mass is 9.65. The van der Waals surface area contributed by atoms with E-state index >= 15 is 0 Å². The highest BCUT2D eigenvalue weighted by atomic mass is 32.1. The molecule has 3 aromatic heterocycles. The van der Waals surface area contributed by atoms with E-state index in [1.54, 1.807) is 67.4 Å². The Morgan fingerprint density at radius 1 is 0.367 bits per heavy atom. The second-order valence-electron chi connectivity index (χ2n) is 17.1. The Bertz CT molecular complexity index is 2480. The third kappa shape index (κ3) is 5.65. The normalized spacial score (nSPS) is 16.1. The van der Waals surface area contributed by atoms with E-state index in [2.05, 4.69) is 185 Å². The maximum atomic E-state index is 2.57. The molecule has 7 aromatic rings. The quantitative estimate of drug-likeness (QED) is 0.115. The highest BCUT2D eigenvalue weighted by molar-refractivity contribution is 7.11. The van der Waals surface area contributed by atoms with E-state index in [4.69, 9.17) is 0 Å². The fraction of sp³-hybridized carbons (Fsp3) is 0.263. The first kappa shape index (κ1) is 39.3. The molecular formula is C57H54S3. The Balaban J connectivity index is 1.30. The number of hydrogen-bond donors (Lipinski definition) is 0. The number of fused-ring (bicyclic) bond motifs is 12. The lowest BCUT2D eigenvalue weighted by molar-refractivity contribution is 0.473. The van der Waals surface area contributed by atoms with Crippen LogP contribution in [0.15, 0.2) is 107 Å². The summed E-state index contributed by atoms with van der Waals surface area (Å²) in [5.74, 6) is 0. The molecule has 0 saturated heterocycles. The minimum Gasteiger partial charge on any atom is -0.144 e. The number of rotatable bonds is 12. The summed E-state index contributed by atoms with van der Waals surface area (Å²) in [6.45, 7) is 14.8. The molecular weight excluding hydrogens is 781 g/mol. The Kier molecular flexibility index (Phi) is 10.0. The Morgan fingerprint density at radius 3 is 0.883 bits per heavy atom. The molecule has 300 valence electrons. The van der Waals surface area contributed by atoms with Crippen LogP contribution in [0.5, 0.6) is 0 Å². The van der Waals surface area contributed by atoms with Crippen molar-refractivity contribution in [1.29, 1.82) is 0 Å². The van der Waals surface area contributed by atoms with Crippen LogP contribution in [0, 0.1) is 0 Å². The summed E-state index contributed by atoms with van der Waals surface area (Å²) in [6.07, 6.45) is 20.3. The molecule has 0 nitrogen and oxygen atoms in total. The molecule has 0 fully saturated rings. The molecule has 0 radical (unpaired) electrons. The lowest BCUT2D eigenvalue weighted by Gasteiger charge is -2.37. The maximum Gasteiger partial charge on any atom is 0.0270 e. The van der Waals surface area contributed by atoms with E-state index in [9.17, 15) is 0 Å². The van der Waals surface area contributed by atoms with Crippen LogP contribution in [0.25, 0.3) is 69.8 Å². The van der Waals surface area contributed by atoms with Crippen molar-refractivity contribution in [3.05, 3.63) is 172 Å². The molecule has 0 bridgehead atoms. The van der Waals surface area contributed by atoms with E-state index in [0.29, 0.717) is 0 Å². The van der Waals surface area contributed by atoms with Crippen LogP contribution in [-0.2, 0) is 16.2 Å². The first-order chi connectivity index (χ1) is 29.4. The largest absolute Gasteiger partial charge is 0.144 e. The van der Waals surface area contributed by atoms with Gasteiger partial charge in [0.2, 0.25) is 0 Å². The predicted molar refractivity (Wildman–Crippen MR) is 267 cm³/mol. The van der Waals surface area contributed by atoms with Crippen molar-refractivity contribution in [1.82, 2.24) is 0 Å². The van der Waals surface area contributed by atoms with Crippen LogP contribution in [0.3, 0.4) is 0 Å². The number of hydrogen-bond acceptors (Lipinski definition) is 3. The van der Waals surface area contributed by atoms with Gasteiger partial charge in [-0.3, -0.25) is 0 Å². The third-order valence-corrected chi connectivity index (χ3v) is 17.5. The summed E-state index contributed by atoms with van der Waals surface area (Å²) in [5.41, 5.74) is 21.9. The Morgan fingerprint density at radius 2 is 0.650 bits per heavy atom. The van der Waals surface area contributed by atoms with Gasteiger partial charge >= 0.3 is 0 Å². The average Bonchev–Trinajstić information content (AvgIpc) is 4.16. The van der Waals surface area contributed by atoms with Crippen LogP contribution in [-0.4, -0.2) is 0 Å². The van der Waals surface area contributed by atoms with Gasteiger partial charge in [0, 0.05) is 30.9 Å². The molecule has 0 atom stereocenters. The van der Waals surface area contributed by atoms with E-state index in [0.717, 1.165) is 38.5 Å². The molecule has 3 heterocycles. The highest BCUT2D eigenvalue weighted by Gasteiger charge is 2.56. The lowest BCUT2D eigenvalue weighted by Crippen LogP contribution is -2.29. The van der Waals surface area contributed by atoms with Gasteiger partial charge in [0.1, 0.15) is 0 Å². The van der Waals surface area contributed by atoms with Crippen molar-refractivity contribution in [3.8, 4) is 33.4 Å². The summed E-state index contributed by atoms with van der Waals surface area (Å²) >= 11 is 5.40. The minimum absolute atomic E-state index is 0.111. The summed E-state index contributed by atoms with van der Waals surface area (Å²) in [7, 11) is 0. The van der Waals surface area contributed by atoms with Crippen LogP contribution in [0.2, 0.25) is 0 Å². The standard InChI is InChI=1S/C57H54S3/c1-7-55(8-2)46-34-37(19-25-40-16-13-31-58-40)22-28-43(46)49-52(55)50-44-29-23-38(20-26-41-17-14-32-59-41)35-47(44)56(9-3,10-4)54(50)51-45-30-24-39(21-27-42-18-15-33-60-42)36-48(45)57(11-5,12-6)53(49)51/h13-36H,7-12H2,1-6H3/b25-19+,26-20+,27-21+. The van der Waals surface area contributed by atoms with E-state index in [-0.39, 0.29) is 16.2 Å². The van der Waals surface area contributed by atoms with Crippen LogP contribution >= 0.6 is 34.0 Å². The zero-order valence-electron chi connectivity index (χ0n) is 35.8. The monoisotopic (exact) mass is 834 g/mol. The zero-order chi connectivity index (χ0) is 41.2. The van der Waals surface area contributed by atoms with Gasteiger partial charge in [0.25, 0.3) is 0 Å². The van der Waals surface area contributed by atoms with Crippen molar-refractivity contribution < 1.29 is 0 Å². The molecule has 0 unspecified atom stereocenters. The zero-order valence-corrected chi connectivity index (χ0v) is 38.3. The second kappa shape index (κ2) is 15.3. The summed E-state index contributed by atoms with van der Waals surface area (Å²) in [4.78, 5) is 3.88. The van der Waals surface area contributed by atoms with E-state index in [1.807, 2.05) is 0 Å². The van der Waals surface area contributed by atoms with Crippen LogP contribution in [0.1, 0.15) is 145 Å². The molecule has 0 aliphatic heterocycles. The Labute approximate surface area is 369 Å². The molecule has 3 aliphatic carbocycles. The smallest absolute Gasteiger partial charge is 0.0270 e. The summed E-state index contributed by atoms with van der Waals surface area (Å²) in [6, 6.07) is 35.5. The van der Waals surface area contributed by atoms with Gasteiger partial charge in [0.15, 0.2) is 0 Å². The van der Waals surface area contributed by atoms with Gasteiger partial charge in [0.05, 0.1) is 0 Å². The topological polar surface area (TPSA) is 0 Å². The summed E-state index contributed by atoms with van der Waals surface area (Å²) in [5, 5.41) is 6.50. The SMILES string of the molecule is CCC1(CC)c2cc(/C=C/c3cccs3)ccc2-c2c1c1c(c3c2C(CC)(CC)c2cc(/C=C/c4cccs4)ccc2-3)C(CC)(CC)c2cc(/C=C/c3cccs3)ccc2-1. The molecule has 10 rings (SSSR count). The minimum atomic E-state index is -0.111. The van der Waals surface area contributed by atoms with Gasteiger partial charge in [-0.2, -0.15) is 0 Å². The second-order valence-corrected chi connectivity index (χ2v) is 20.0. The van der Waals surface area contributed by atoms with Crippen molar-refractivity contribution >= 4 is 70.5 Å². The van der Waals surface area contributed by atoms with Crippen molar-refractivity contribution in [2.24, 2.45) is 0 Å². The van der Waals surface area contributed by atoms with Gasteiger partial charge < -0.3 is 0 Å². The molecule has 4 aromatic carbocycles. The summed E-state index contributed by atoms with van der Waals surface area (Å²) < 4.78 is 0. The van der Waals surface area contributed by atoms with Crippen molar-refractivity contribution in [2.75, 3.05) is 0 Å². The van der Waals surface area contributed by atoms with Crippen LogP contribution in [0.4, 0.5) is 0 Å². The maximum absolute atomic E-state index is 2.57. The van der Waals surface area contributed by atoms with Crippen molar-refractivity contribution in [2.45, 2.75) is 96.3 Å². The first-order valence-electron chi connectivity index (χ1n) is 22.2. The van der Waals surface area contributed by atoms with Gasteiger partial charge in [-0.15, -0.1) is 34.0 Å². The van der Waals surface area contributed by atoms with Gasteiger partial charge in [-0.25, -0.2) is 0 Å². The Hall–Kier alpha value is -4.80. The predicted octanol–water partition coefficient (Wildman–Crippen LogP) is 17.6. The fourth-order valence-electron chi connectivity index (χ4n) is 11.9. The van der Waals surface area contributed by atoms with Gasteiger partial charge in [-0.1, -0.05) is 133 Å². The van der Waals surface area contributed by atoms with E-state index < -0.39 is 0 Å². The number of thiophene rings is 3. The molecule has 3 heteroatoms. The van der Waals surface area contributed by atoms with Gasteiger partial charge in [-0.05, 0) is 175 Å². The molecule has 3 aliphatic rings. The third-order valence-electron chi connectivity index (χ3n) is 15.0. The van der Waals surface area contributed by atoms with Crippen molar-refractivity contribution in [3.63, 3.8) is 0 Å². The molecule has 60 heavy (non-hydrogen) atoms. The first-order valence-corrected chi connectivity index (χ1v) is 24.9. The fourth-order valence-corrected chi connectivity index (χ4v) is 13.7. The van der Waals surface area contributed by atoms with E-state index in [1.165, 1.54) is 64.7 Å². The average molecular weight is 835 g/mol. The molecule has 0 spiro atoms. The molecule has 0 N–H and O–H groups in total. The molecule has 0 saturated carbocycles.